The number of carbonyl (C=O) groups excluding carboxylic acids is 2. The van der Waals surface area contributed by atoms with E-state index in [0.29, 0.717) is 37.6 Å². The molecule has 0 radical (unpaired) electrons. The first-order valence-electron chi connectivity index (χ1n) is 8.51. The number of para-hydroxylation sites is 2. The van der Waals surface area contributed by atoms with Gasteiger partial charge >= 0.3 is 12.1 Å². The number of urea groups is 1. The van der Waals surface area contributed by atoms with Gasteiger partial charge in [0.1, 0.15) is 18.3 Å². The number of hydrogen-bond acceptors (Lipinski definition) is 5. The fourth-order valence-electron chi connectivity index (χ4n) is 2.80. The minimum Gasteiger partial charge on any atom is -0.447 e. The third-order valence-corrected chi connectivity index (χ3v) is 4.00. The van der Waals surface area contributed by atoms with Crippen molar-refractivity contribution in [2.24, 2.45) is 0 Å². The van der Waals surface area contributed by atoms with Crippen molar-refractivity contribution < 1.29 is 14.3 Å². The molecule has 2 aromatic rings. The number of nitrogens with zero attached hydrogens (tertiary/aromatic N) is 4. The Hall–Kier alpha value is -3.10. The summed E-state index contributed by atoms with van der Waals surface area (Å²) in [7, 11) is 0. The molecule has 0 bridgehead atoms. The molecule has 9 nitrogen and oxygen atoms in total. The highest BCUT2D eigenvalue weighted by atomic mass is 16.6. The Bertz CT molecular complexity index is 804. The van der Waals surface area contributed by atoms with Crippen LogP contribution in [0.15, 0.2) is 24.3 Å². The molecule has 2 N–H and O–H groups in total. The Balaban J connectivity index is 1.51. The summed E-state index contributed by atoms with van der Waals surface area (Å²) in [5, 5.41) is 9.88. The average molecular weight is 358 g/mol. The summed E-state index contributed by atoms with van der Waals surface area (Å²) in [4.78, 5) is 29.7. The van der Waals surface area contributed by atoms with Crippen molar-refractivity contribution in [3.63, 3.8) is 0 Å². The van der Waals surface area contributed by atoms with E-state index < -0.39 is 6.09 Å². The zero-order valence-electron chi connectivity index (χ0n) is 14.9. The Kier molecular flexibility index (Phi) is 5.35. The summed E-state index contributed by atoms with van der Waals surface area (Å²) in [6, 6.07) is 6.82. The van der Waals surface area contributed by atoms with E-state index in [1.165, 1.54) is 4.90 Å². The Morgan fingerprint density at radius 1 is 1.31 bits per heavy atom. The van der Waals surface area contributed by atoms with Gasteiger partial charge in [-0.15, -0.1) is 0 Å². The van der Waals surface area contributed by atoms with E-state index in [4.69, 9.17) is 4.74 Å². The molecular weight excluding hydrogens is 336 g/mol. The van der Waals surface area contributed by atoms with E-state index in [0.717, 1.165) is 18.1 Å². The molecule has 0 aliphatic carbocycles. The molecule has 1 aliphatic heterocycles. The maximum Gasteiger partial charge on any atom is 0.414 e. The number of amides is 3. The molecule has 1 fully saturated rings. The van der Waals surface area contributed by atoms with Crippen LogP contribution in [0.3, 0.4) is 0 Å². The van der Waals surface area contributed by atoms with Crippen LogP contribution in [-0.4, -0.2) is 46.6 Å². The predicted molar refractivity (Wildman–Crippen MR) is 96.3 cm³/mol. The number of hydrogen-bond donors (Lipinski definition) is 2. The van der Waals surface area contributed by atoms with Gasteiger partial charge in [0.2, 0.25) is 0 Å². The first-order valence-corrected chi connectivity index (χ1v) is 8.51. The molecule has 138 valence electrons. The van der Waals surface area contributed by atoms with Crippen molar-refractivity contribution >= 4 is 23.5 Å². The lowest BCUT2D eigenvalue weighted by Gasteiger charge is -2.17. The van der Waals surface area contributed by atoms with Gasteiger partial charge in [0.05, 0.1) is 17.9 Å². The van der Waals surface area contributed by atoms with Gasteiger partial charge in [-0.25, -0.2) is 14.6 Å². The van der Waals surface area contributed by atoms with Crippen LogP contribution in [0.25, 0.3) is 0 Å². The van der Waals surface area contributed by atoms with E-state index in [1.807, 2.05) is 24.6 Å². The van der Waals surface area contributed by atoms with Gasteiger partial charge < -0.3 is 15.4 Å². The van der Waals surface area contributed by atoms with Crippen LogP contribution in [0.4, 0.5) is 21.0 Å². The second-order valence-corrected chi connectivity index (χ2v) is 5.95. The Morgan fingerprint density at radius 3 is 2.81 bits per heavy atom. The third kappa shape index (κ3) is 4.11. The lowest BCUT2D eigenvalue weighted by Crippen LogP contribution is -2.31. The largest absolute Gasteiger partial charge is 0.447 e. The molecule has 1 aliphatic rings. The number of carbonyl (C=O) groups is 2. The summed E-state index contributed by atoms with van der Waals surface area (Å²) >= 11 is 0. The normalized spacial score (nSPS) is 13.6. The van der Waals surface area contributed by atoms with Crippen LogP contribution >= 0.6 is 0 Å². The fraction of sp³-hybridized carbons (Fsp3) is 0.412. The highest BCUT2D eigenvalue weighted by Gasteiger charge is 2.25. The first kappa shape index (κ1) is 17.7. The topological polar surface area (TPSA) is 101 Å². The number of benzene rings is 1. The maximum absolute atomic E-state index is 12.2. The standard InChI is InChI=1S/C17H22N6O3/c1-12-19-13(2)23(21-12)9-5-8-18-16(24)20-14-6-3-4-7-15(14)22-10-11-26-17(22)25/h3-4,6-7H,5,8-11H2,1-2H3,(H2,18,20,24). The van der Waals surface area contributed by atoms with Gasteiger partial charge in [0, 0.05) is 13.1 Å². The van der Waals surface area contributed by atoms with E-state index in [1.54, 1.807) is 18.2 Å². The Labute approximate surface area is 151 Å². The molecule has 1 saturated heterocycles. The van der Waals surface area contributed by atoms with Crippen molar-refractivity contribution in [3.8, 4) is 0 Å². The first-order chi connectivity index (χ1) is 12.5. The number of anilines is 2. The molecular formula is C17H22N6O3. The smallest absolute Gasteiger partial charge is 0.414 e. The van der Waals surface area contributed by atoms with Crippen LogP contribution in [-0.2, 0) is 11.3 Å². The molecule has 26 heavy (non-hydrogen) atoms. The molecule has 9 heteroatoms. The van der Waals surface area contributed by atoms with Crippen LogP contribution in [0.5, 0.6) is 0 Å². The highest BCUT2D eigenvalue weighted by Crippen LogP contribution is 2.27. The van der Waals surface area contributed by atoms with Gasteiger partial charge in [0.25, 0.3) is 0 Å². The highest BCUT2D eigenvalue weighted by molar-refractivity contribution is 5.98. The molecule has 3 rings (SSSR count). The number of nitrogens with one attached hydrogen (secondary N) is 2. The summed E-state index contributed by atoms with van der Waals surface area (Å²) in [5.41, 5.74) is 1.19. The second-order valence-electron chi connectivity index (χ2n) is 5.95. The minimum absolute atomic E-state index is 0.323. The third-order valence-electron chi connectivity index (χ3n) is 4.00. The molecule has 0 saturated carbocycles. The Morgan fingerprint density at radius 2 is 2.12 bits per heavy atom. The van der Waals surface area contributed by atoms with Crippen molar-refractivity contribution in [2.45, 2.75) is 26.8 Å². The lowest BCUT2D eigenvalue weighted by atomic mass is 10.2. The van der Waals surface area contributed by atoms with Crippen molar-refractivity contribution in [1.29, 1.82) is 0 Å². The maximum atomic E-state index is 12.2. The van der Waals surface area contributed by atoms with Crippen LogP contribution in [0, 0.1) is 13.8 Å². The number of cyclic esters (lactones) is 1. The van der Waals surface area contributed by atoms with Crippen molar-refractivity contribution in [1.82, 2.24) is 20.1 Å². The number of aromatic nitrogens is 3. The molecule has 1 aromatic carbocycles. The van der Waals surface area contributed by atoms with Crippen LogP contribution in [0.1, 0.15) is 18.1 Å². The number of rotatable bonds is 6. The molecule has 0 unspecified atom stereocenters. The second kappa shape index (κ2) is 7.85. The summed E-state index contributed by atoms with van der Waals surface area (Å²) in [5.74, 6) is 1.60. The molecule has 0 spiro atoms. The average Bonchev–Trinajstić information content (AvgIpc) is 3.17. The zero-order chi connectivity index (χ0) is 18.5. The molecule has 3 amide bonds. The monoisotopic (exact) mass is 358 g/mol. The van der Waals surface area contributed by atoms with Crippen molar-refractivity contribution in [2.75, 3.05) is 29.9 Å². The molecule has 2 heterocycles. The zero-order valence-corrected chi connectivity index (χ0v) is 14.9. The fourth-order valence-corrected chi connectivity index (χ4v) is 2.80. The van der Waals surface area contributed by atoms with E-state index in [-0.39, 0.29) is 6.03 Å². The SMILES string of the molecule is Cc1nc(C)n(CCCNC(=O)Nc2ccccc2N2CCOC2=O)n1. The molecule has 1 aromatic heterocycles. The number of aryl methyl sites for hydroxylation is 3. The number of ether oxygens (including phenoxy) is 1. The van der Waals surface area contributed by atoms with Crippen LogP contribution < -0.4 is 15.5 Å². The molecule has 0 atom stereocenters. The minimum atomic E-state index is -0.404. The van der Waals surface area contributed by atoms with Crippen LogP contribution in [0.2, 0.25) is 0 Å². The van der Waals surface area contributed by atoms with Gasteiger partial charge in [-0.05, 0) is 32.4 Å². The quantitative estimate of drug-likeness (QED) is 0.770. The van der Waals surface area contributed by atoms with Gasteiger partial charge in [0.15, 0.2) is 0 Å². The van der Waals surface area contributed by atoms with E-state index in [9.17, 15) is 9.59 Å². The van der Waals surface area contributed by atoms with Gasteiger partial charge in [-0.1, -0.05) is 12.1 Å². The summed E-state index contributed by atoms with van der Waals surface area (Å²) in [6.45, 7) is 5.75. The van der Waals surface area contributed by atoms with Gasteiger partial charge in [-0.3, -0.25) is 9.58 Å². The predicted octanol–water partition coefficient (Wildman–Crippen LogP) is 2.06. The van der Waals surface area contributed by atoms with Crippen molar-refractivity contribution in [3.05, 3.63) is 35.9 Å². The lowest BCUT2D eigenvalue weighted by molar-refractivity contribution is 0.181. The van der Waals surface area contributed by atoms with Gasteiger partial charge in [-0.2, -0.15) is 5.10 Å². The van der Waals surface area contributed by atoms with E-state index in [2.05, 4.69) is 20.7 Å². The summed E-state index contributed by atoms with van der Waals surface area (Å²) in [6.07, 6.45) is 0.329. The van der Waals surface area contributed by atoms with E-state index >= 15 is 0 Å². The summed E-state index contributed by atoms with van der Waals surface area (Å²) < 4.78 is 6.78.